The Bertz CT molecular complexity index is 973. The van der Waals surface area contributed by atoms with Crippen molar-refractivity contribution < 1.29 is 14.3 Å². The van der Waals surface area contributed by atoms with Crippen LogP contribution in [0.2, 0.25) is 0 Å². The molecule has 7 heteroatoms. The standard InChI is InChI=1S/C20H23N3O3S/c1-12-15-11-18(27-20(15)22(2)21-12)19(24)23-9-5-6-16(23)14-8-7-13(25-3)10-17(14)26-4/h7-8,10-11,16H,5-6,9H2,1-4H3. The molecule has 2 aromatic heterocycles. The summed E-state index contributed by atoms with van der Waals surface area (Å²) < 4.78 is 12.7. The molecule has 1 amide bonds. The van der Waals surface area contributed by atoms with Crippen molar-refractivity contribution in [2.24, 2.45) is 7.05 Å². The van der Waals surface area contributed by atoms with Crippen molar-refractivity contribution in [3.8, 4) is 11.5 Å². The first-order valence-electron chi connectivity index (χ1n) is 8.99. The number of fused-ring (bicyclic) bond motifs is 1. The summed E-state index contributed by atoms with van der Waals surface area (Å²) in [6, 6.07) is 7.80. The molecule has 1 aromatic carbocycles. The molecular weight excluding hydrogens is 362 g/mol. The zero-order valence-corrected chi connectivity index (χ0v) is 16.8. The molecule has 0 aliphatic carbocycles. The molecule has 1 atom stereocenters. The number of thiophene rings is 1. The Morgan fingerprint density at radius 1 is 1.26 bits per heavy atom. The second-order valence-corrected chi connectivity index (χ2v) is 7.83. The Labute approximate surface area is 162 Å². The molecule has 27 heavy (non-hydrogen) atoms. The van der Waals surface area contributed by atoms with E-state index in [0.29, 0.717) is 0 Å². The van der Waals surface area contributed by atoms with Gasteiger partial charge in [-0.05, 0) is 38.0 Å². The lowest BCUT2D eigenvalue weighted by molar-refractivity contribution is 0.0739. The largest absolute Gasteiger partial charge is 0.497 e. The number of hydrogen-bond acceptors (Lipinski definition) is 5. The van der Waals surface area contributed by atoms with Gasteiger partial charge in [0.1, 0.15) is 16.3 Å². The molecule has 4 rings (SSSR count). The summed E-state index contributed by atoms with van der Waals surface area (Å²) in [5.74, 6) is 1.59. The van der Waals surface area contributed by atoms with Crippen LogP contribution in [0.5, 0.6) is 11.5 Å². The number of benzene rings is 1. The lowest BCUT2D eigenvalue weighted by Gasteiger charge is -2.26. The number of carbonyl (C=O) groups is 1. The molecular formula is C20H23N3O3S. The highest BCUT2D eigenvalue weighted by atomic mass is 32.1. The van der Waals surface area contributed by atoms with E-state index in [4.69, 9.17) is 9.47 Å². The fourth-order valence-corrected chi connectivity index (χ4v) is 4.96. The second-order valence-electron chi connectivity index (χ2n) is 6.80. The van der Waals surface area contributed by atoms with Crippen molar-refractivity contribution in [3.63, 3.8) is 0 Å². The molecule has 6 nitrogen and oxygen atoms in total. The average Bonchev–Trinajstić information content (AvgIpc) is 3.38. The number of nitrogens with zero attached hydrogens (tertiary/aromatic N) is 3. The molecule has 0 spiro atoms. The first-order chi connectivity index (χ1) is 13.0. The predicted octanol–water partition coefficient (Wildman–Crippen LogP) is 3.94. The summed E-state index contributed by atoms with van der Waals surface area (Å²) in [5.41, 5.74) is 1.99. The lowest BCUT2D eigenvalue weighted by Crippen LogP contribution is -2.30. The third-order valence-corrected chi connectivity index (χ3v) is 6.41. The first kappa shape index (κ1) is 17.9. The Morgan fingerprint density at radius 2 is 2.07 bits per heavy atom. The fraction of sp³-hybridized carbons (Fsp3) is 0.400. The van der Waals surface area contributed by atoms with Gasteiger partial charge in [0.15, 0.2) is 0 Å². The van der Waals surface area contributed by atoms with Gasteiger partial charge in [0.25, 0.3) is 5.91 Å². The molecule has 3 aromatic rings. The summed E-state index contributed by atoms with van der Waals surface area (Å²) in [7, 11) is 5.21. The topological polar surface area (TPSA) is 56.6 Å². The molecule has 1 saturated heterocycles. The number of aryl methyl sites for hydroxylation is 2. The maximum atomic E-state index is 13.3. The average molecular weight is 385 g/mol. The van der Waals surface area contributed by atoms with Crippen LogP contribution in [-0.4, -0.2) is 41.4 Å². The van der Waals surface area contributed by atoms with Gasteiger partial charge < -0.3 is 14.4 Å². The molecule has 1 aliphatic heterocycles. The zero-order valence-electron chi connectivity index (χ0n) is 16.0. The monoisotopic (exact) mass is 385 g/mol. The Kier molecular flexibility index (Phi) is 4.55. The van der Waals surface area contributed by atoms with Crippen molar-refractivity contribution in [1.82, 2.24) is 14.7 Å². The molecule has 1 aliphatic rings. The molecule has 0 bridgehead atoms. The smallest absolute Gasteiger partial charge is 0.264 e. The van der Waals surface area contributed by atoms with Gasteiger partial charge in [-0.2, -0.15) is 5.10 Å². The molecule has 0 N–H and O–H groups in total. The van der Waals surface area contributed by atoms with Crippen LogP contribution in [0.1, 0.15) is 39.8 Å². The highest BCUT2D eigenvalue weighted by Crippen LogP contribution is 2.40. The maximum absolute atomic E-state index is 13.3. The number of ether oxygens (including phenoxy) is 2. The van der Waals surface area contributed by atoms with Gasteiger partial charge in [-0.15, -0.1) is 11.3 Å². The van der Waals surface area contributed by atoms with Crippen LogP contribution in [0.3, 0.4) is 0 Å². The van der Waals surface area contributed by atoms with Crippen LogP contribution in [0.25, 0.3) is 10.2 Å². The zero-order chi connectivity index (χ0) is 19.1. The molecule has 0 saturated carbocycles. The normalized spacial score (nSPS) is 16.9. The summed E-state index contributed by atoms with van der Waals surface area (Å²) in [5, 5.41) is 5.48. The summed E-state index contributed by atoms with van der Waals surface area (Å²) in [6.45, 7) is 2.73. The van der Waals surface area contributed by atoms with Crippen LogP contribution in [0, 0.1) is 6.92 Å². The Balaban J connectivity index is 1.68. The maximum Gasteiger partial charge on any atom is 0.264 e. The first-order valence-corrected chi connectivity index (χ1v) is 9.81. The quantitative estimate of drug-likeness (QED) is 0.683. The van der Waals surface area contributed by atoms with E-state index in [0.717, 1.165) is 57.2 Å². The fourth-order valence-electron chi connectivity index (χ4n) is 3.88. The van der Waals surface area contributed by atoms with Crippen LogP contribution in [0.4, 0.5) is 0 Å². The van der Waals surface area contributed by atoms with Crippen molar-refractivity contribution in [2.45, 2.75) is 25.8 Å². The SMILES string of the molecule is COc1ccc(C2CCCN2C(=O)c2cc3c(C)nn(C)c3s2)c(OC)c1. The minimum absolute atomic E-state index is 0.0165. The molecule has 1 fully saturated rings. The molecule has 0 radical (unpaired) electrons. The van der Waals surface area contributed by atoms with E-state index in [-0.39, 0.29) is 11.9 Å². The van der Waals surface area contributed by atoms with Crippen molar-refractivity contribution in [2.75, 3.05) is 20.8 Å². The third kappa shape index (κ3) is 2.96. The van der Waals surface area contributed by atoms with Crippen LogP contribution < -0.4 is 9.47 Å². The van der Waals surface area contributed by atoms with E-state index >= 15 is 0 Å². The van der Waals surface area contributed by atoms with Gasteiger partial charge >= 0.3 is 0 Å². The predicted molar refractivity (Wildman–Crippen MR) is 106 cm³/mol. The van der Waals surface area contributed by atoms with Crippen LogP contribution >= 0.6 is 11.3 Å². The number of carbonyl (C=O) groups excluding carboxylic acids is 1. The van der Waals surface area contributed by atoms with Crippen molar-refractivity contribution in [1.29, 1.82) is 0 Å². The number of rotatable bonds is 4. The van der Waals surface area contributed by atoms with E-state index in [2.05, 4.69) is 5.10 Å². The lowest BCUT2D eigenvalue weighted by atomic mass is 10.0. The van der Waals surface area contributed by atoms with E-state index in [1.165, 1.54) is 11.3 Å². The summed E-state index contributed by atoms with van der Waals surface area (Å²) in [4.78, 5) is 17.1. The van der Waals surface area contributed by atoms with Gasteiger partial charge in [0.05, 0.1) is 30.8 Å². The highest BCUT2D eigenvalue weighted by Gasteiger charge is 2.33. The highest BCUT2D eigenvalue weighted by molar-refractivity contribution is 7.20. The van der Waals surface area contributed by atoms with Crippen molar-refractivity contribution in [3.05, 3.63) is 40.4 Å². The van der Waals surface area contributed by atoms with Gasteiger partial charge in [-0.3, -0.25) is 9.48 Å². The van der Waals surface area contributed by atoms with E-state index < -0.39 is 0 Å². The summed E-state index contributed by atoms with van der Waals surface area (Å²) in [6.07, 6.45) is 1.91. The van der Waals surface area contributed by atoms with Gasteiger partial charge in [-0.1, -0.05) is 0 Å². The Morgan fingerprint density at radius 3 is 2.78 bits per heavy atom. The van der Waals surface area contributed by atoms with E-state index in [9.17, 15) is 4.79 Å². The minimum Gasteiger partial charge on any atom is -0.497 e. The summed E-state index contributed by atoms with van der Waals surface area (Å²) >= 11 is 1.51. The Hall–Kier alpha value is -2.54. The van der Waals surface area contributed by atoms with Crippen LogP contribution in [-0.2, 0) is 7.05 Å². The van der Waals surface area contributed by atoms with Gasteiger partial charge in [0.2, 0.25) is 0 Å². The second kappa shape index (κ2) is 6.88. The number of amides is 1. The van der Waals surface area contributed by atoms with Gasteiger partial charge in [0, 0.05) is 30.6 Å². The number of aromatic nitrogens is 2. The minimum atomic E-state index is 0.0165. The number of likely N-dealkylation sites (tertiary alicyclic amines) is 1. The van der Waals surface area contributed by atoms with E-state index in [1.54, 1.807) is 14.2 Å². The molecule has 1 unspecified atom stereocenters. The van der Waals surface area contributed by atoms with Gasteiger partial charge in [-0.25, -0.2) is 0 Å². The number of methoxy groups -OCH3 is 2. The third-order valence-electron chi connectivity index (χ3n) is 5.22. The number of hydrogen-bond donors (Lipinski definition) is 0. The van der Waals surface area contributed by atoms with Crippen LogP contribution in [0.15, 0.2) is 24.3 Å². The van der Waals surface area contributed by atoms with E-state index in [1.807, 2.05) is 47.8 Å². The molecule has 142 valence electrons. The molecule has 3 heterocycles. The van der Waals surface area contributed by atoms with Crippen molar-refractivity contribution >= 4 is 27.5 Å².